The van der Waals surface area contributed by atoms with Crippen molar-refractivity contribution in [2.24, 2.45) is 0 Å². The molecule has 1 aromatic heterocycles. The summed E-state index contributed by atoms with van der Waals surface area (Å²) in [6.45, 7) is 0. The van der Waals surface area contributed by atoms with Crippen LogP contribution in [0.25, 0.3) is 11.4 Å². The number of carbonyl (C=O) groups is 2. The molecule has 0 aliphatic heterocycles. The van der Waals surface area contributed by atoms with E-state index in [4.69, 9.17) is 23.2 Å². The summed E-state index contributed by atoms with van der Waals surface area (Å²) in [5.41, 5.74) is 0.765. The van der Waals surface area contributed by atoms with E-state index in [-0.39, 0.29) is 23.7 Å². The van der Waals surface area contributed by atoms with Gasteiger partial charge in [0.25, 0.3) is 0 Å². The third kappa shape index (κ3) is 5.77. The van der Waals surface area contributed by atoms with Crippen molar-refractivity contribution in [1.29, 1.82) is 0 Å². The third-order valence-corrected chi connectivity index (χ3v) is 7.54. The van der Waals surface area contributed by atoms with Crippen molar-refractivity contribution in [1.82, 2.24) is 25.4 Å². The largest absolute Gasteiger partial charge is 0.335 e. The minimum absolute atomic E-state index is 0.0806. The predicted molar refractivity (Wildman–Crippen MR) is 127 cm³/mol. The average Bonchev–Trinajstić information content (AvgIpc) is 3.42. The Balaban J connectivity index is 1.47. The molecule has 0 atom stereocenters. The topological polar surface area (TPSA) is 88.9 Å². The fraction of sp³-hybridized carbons (Fsp3) is 0.545. The maximum absolute atomic E-state index is 12.4. The first-order valence-corrected chi connectivity index (χ1v) is 12.9. The Labute approximate surface area is 202 Å². The molecule has 0 radical (unpaired) electrons. The summed E-state index contributed by atoms with van der Waals surface area (Å²) in [5, 5.41) is 15.8. The summed E-state index contributed by atoms with van der Waals surface area (Å²) in [7, 11) is 0. The van der Waals surface area contributed by atoms with Crippen LogP contribution in [0.15, 0.2) is 23.4 Å². The van der Waals surface area contributed by atoms with Crippen molar-refractivity contribution in [2.45, 2.75) is 75.0 Å². The van der Waals surface area contributed by atoms with E-state index in [1.165, 1.54) is 18.2 Å². The van der Waals surface area contributed by atoms with Crippen molar-refractivity contribution < 1.29 is 9.59 Å². The monoisotopic (exact) mass is 495 g/mol. The second-order valence-corrected chi connectivity index (χ2v) is 10.2. The molecular weight excluding hydrogens is 469 g/mol. The maximum atomic E-state index is 12.4. The van der Waals surface area contributed by atoms with Crippen molar-refractivity contribution in [3.63, 3.8) is 0 Å². The van der Waals surface area contributed by atoms with Gasteiger partial charge in [0, 0.05) is 22.7 Å². The molecule has 0 spiro atoms. The zero-order valence-electron chi connectivity index (χ0n) is 17.8. The van der Waals surface area contributed by atoms with Crippen LogP contribution >= 0.6 is 35.0 Å². The molecule has 4 rings (SSSR count). The molecule has 2 aliphatic rings. The number of nitrogens with one attached hydrogen (secondary N) is 2. The molecule has 2 fully saturated rings. The molecular formula is C22H27Cl2N5O2S. The number of benzene rings is 1. The lowest BCUT2D eigenvalue weighted by Crippen LogP contribution is -2.44. The lowest BCUT2D eigenvalue weighted by Gasteiger charge is -2.25. The van der Waals surface area contributed by atoms with Gasteiger partial charge in [-0.15, -0.1) is 10.2 Å². The van der Waals surface area contributed by atoms with Crippen molar-refractivity contribution in [3.8, 4) is 11.4 Å². The number of hydrogen-bond donors (Lipinski definition) is 2. The fourth-order valence-corrected chi connectivity index (χ4v) is 5.78. The number of urea groups is 1. The van der Waals surface area contributed by atoms with Crippen molar-refractivity contribution >= 4 is 46.9 Å². The molecule has 2 saturated carbocycles. The number of nitrogens with zero attached hydrogens (tertiary/aromatic N) is 3. The summed E-state index contributed by atoms with van der Waals surface area (Å²) in [4.78, 5) is 24.4. The van der Waals surface area contributed by atoms with E-state index in [1.807, 2.05) is 6.07 Å². The van der Waals surface area contributed by atoms with Crippen LogP contribution in [0.5, 0.6) is 0 Å². The van der Waals surface area contributed by atoms with Crippen molar-refractivity contribution in [3.05, 3.63) is 28.2 Å². The van der Waals surface area contributed by atoms with Gasteiger partial charge in [-0.05, 0) is 43.9 Å². The van der Waals surface area contributed by atoms with Crippen LogP contribution in [0.4, 0.5) is 4.79 Å². The Morgan fingerprint density at radius 3 is 2.47 bits per heavy atom. The van der Waals surface area contributed by atoms with Crippen LogP contribution in [0.1, 0.15) is 63.8 Å². The van der Waals surface area contributed by atoms with E-state index < -0.39 is 6.03 Å². The van der Waals surface area contributed by atoms with E-state index in [1.54, 1.807) is 12.1 Å². The minimum Gasteiger partial charge on any atom is -0.335 e. The van der Waals surface area contributed by atoms with Gasteiger partial charge in [0.2, 0.25) is 5.91 Å². The number of amides is 3. The summed E-state index contributed by atoms with van der Waals surface area (Å²) < 4.78 is 2.10. The SMILES string of the molecule is O=C(CSc1nnc(-c2ccc(Cl)cc2Cl)n1C1CCCCC1)NC(=O)NC1CCCC1. The van der Waals surface area contributed by atoms with Gasteiger partial charge in [-0.1, -0.05) is 67.1 Å². The molecule has 32 heavy (non-hydrogen) atoms. The van der Waals surface area contributed by atoms with Crippen LogP contribution < -0.4 is 10.6 Å². The normalized spacial score (nSPS) is 17.4. The Morgan fingerprint density at radius 2 is 1.75 bits per heavy atom. The zero-order valence-corrected chi connectivity index (χ0v) is 20.1. The lowest BCUT2D eigenvalue weighted by atomic mass is 9.95. The lowest BCUT2D eigenvalue weighted by molar-refractivity contribution is -0.117. The molecule has 7 nitrogen and oxygen atoms in total. The second kappa shape index (κ2) is 10.9. The molecule has 10 heteroatoms. The first-order valence-electron chi connectivity index (χ1n) is 11.1. The van der Waals surface area contributed by atoms with Crippen LogP contribution in [0.2, 0.25) is 10.0 Å². The number of halogens is 2. The Morgan fingerprint density at radius 1 is 1.03 bits per heavy atom. The van der Waals surface area contributed by atoms with E-state index in [0.29, 0.717) is 21.0 Å². The number of imide groups is 1. The molecule has 2 aliphatic carbocycles. The van der Waals surface area contributed by atoms with Gasteiger partial charge in [0.05, 0.1) is 10.8 Å². The highest BCUT2D eigenvalue weighted by atomic mass is 35.5. The Hall–Kier alpha value is -1.77. The van der Waals surface area contributed by atoms with Crippen LogP contribution in [0, 0.1) is 0 Å². The smallest absolute Gasteiger partial charge is 0.321 e. The van der Waals surface area contributed by atoms with Gasteiger partial charge < -0.3 is 5.32 Å². The number of aromatic nitrogens is 3. The molecule has 0 unspecified atom stereocenters. The summed E-state index contributed by atoms with van der Waals surface area (Å²) >= 11 is 13.8. The maximum Gasteiger partial charge on any atom is 0.321 e. The molecule has 2 N–H and O–H groups in total. The molecule has 1 heterocycles. The number of carbonyl (C=O) groups excluding carboxylic acids is 2. The van der Waals surface area contributed by atoms with Crippen LogP contribution in [-0.4, -0.2) is 38.5 Å². The number of thioether (sulfide) groups is 1. The Bertz CT molecular complexity index is 971. The van der Waals surface area contributed by atoms with Gasteiger partial charge in [-0.2, -0.15) is 0 Å². The van der Waals surface area contributed by atoms with Gasteiger partial charge >= 0.3 is 6.03 Å². The number of rotatable bonds is 6. The highest BCUT2D eigenvalue weighted by Crippen LogP contribution is 2.38. The quantitative estimate of drug-likeness (QED) is 0.507. The summed E-state index contributed by atoms with van der Waals surface area (Å²) in [6.07, 6.45) is 9.73. The van der Waals surface area contributed by atoms with E-state index >= 15 is 0 Å². The average molecular weight is 496 g/mol. The zero-order chi connectivity index (χ0) is 22.5. The highest BCUT2D eigenvalue weighted by Gasteiger charge is 2.26. The first-order chi connectivity index (χ1) is 15.5. The first kappa shape index (κ1) is 23.4. The van der Waals surface area contributed by atoms with Gasteiger partial charge in [-0.3, -0.25) is 14.7 Å². The van der Waals surface area contributed by atoms with E-state index in [0.717, 1.165) is 56.9 Å². The summed E-state index contributed by atoms with van der Waals surface area (Å²) in [5.74, 6) is 0.410. The standard InChI is InChI=1S/C22H27Cl2N5O2S/c23-14-10-11-17(18(24)12-14)20-27-28-22(29(20)16-8-2-1-3-9-16)32-13-19(30)26-21(31)25-15-6-4-5-7-15/h10-12,15-16H,1-9,13H2,(H2,25,26,30,31). The molecule has 172 valence electrons. The molecule has 0 saturated heterocycles. The molecule has 1 aromatic carbocycles. The molecule has 3 amide bonds. The summed E-state index contributed by atoms with van der Waals surface area (Å²) in [6, 6.07) is 5.31. The van der Waals surface area contributed by atoms with E-state index in [9.17, 15) is 9.59 Å². The van der Waals surface area contributed by atoms with Gasteiger partial charge in [0.1, 0.15) is 0 Å². The molecule has 2 aromatic rings. The van der Waals surface area contributed by atoms with Crippen molar-refractivity contribution in [2.75, 3.05) is 5.75 Å². The van der Waals surface area contributed by atoms with Gasteiger partial charge in [-0.25, -0.2) is 4.79 Å². The third-order valence-electron chi connectivity index (χ3n) is 6.05. The van der Waals surface area contributed by atoms with Gasteiger partial charge in [0.15, 0.2) is 11.0 Å². The van der Waals surface area contributed by atoms with Crippen LogP contribution in [0.3, 0.4) is 0 Å². The number of hydrogen-bond acceptors (Lipinski definition) is 5. The van der Waals surface area contributed by atoms with Crippen LogP contribution in [-0.2, 0) is 4.79 Å². The molecule has 0 bridgehead atoms. The minimum atomic E-state index is -0.426. The fourth-order valence-electron chi connectivity index (χ4n) is 4.48. The predicted octanol–water partition coefficient (Wildman–Crippen LogP) is 5.62. The Kier molecular flexibility index (Phi) is 7.97. The van der Waals surface area contributed by atoms with E-state index in [2.05, 4.69) is 25.4 Å². The second-order valence-electron chi connectivity index (χ2n) is 8.38. The highest BCUT2D eigenvalue weighted by molar-refractivity contribution is 7.99.